The highest BCUT2D eigenvalue weighted by atomic mass is 16.4. The second kappa shape index (κ2) is 24.8. The van der Waals surface area contributed by atoms with E-state index in [1.54, 1.807) is 36.5 Å². The number of hydrogen-bond acceptors (Lipinski definition) is 12. The van der Waals surface area contributed by atoms with E-state index in [2.05, 4.69) is 47.5 Å². The zero-order valence-electron chi connectivity index (χ0n) is 34.4. The van der Waals surface area contributed by atoms with E-state index in [1.165, 1.54) is 13.8 Å². The number of aliphatic carboxylic acids is 2. The molecule has 0 saturated heterocycles. The number of H-pyrrole nitrogens is 1. The van der Waals surface area contributed by atoms with Crippen molar-refractivity contribution in [2.45, 2.75) is 75.8 Å². The van der Waals surface area contributed by atoms with Gasteiger partial charge in [-0.2, -0.15) is 0 Å². The molecule has 0 radical (unpaired) electrons. The Kier molecular flexibility index (Phi) is 19.6. The number of nitrogens with one attached hydrogen (secondary N) is 9. The number of nitrogens with two attached hydrogens (primary N) is 1. The quantitative estimate of drug-likeness (QED) is 0.0386. The van der Waals surface area contributed by atoms with E-state index in [9.17, 15) is 58.2 Å². The van der Waals surface area contributed by atoms with E-state index in [0.29, 0.717) is 5.56 Å². The fourth-order valence-corrected chi connectivity index (χ4v) is 5.81. The molecule has 340 valence electrons. The van der Waals surface area contributed by atoms with Crippen molar-refractivity contribution in [2.24, 2.45) is 5.73 Å². The second-order valence-corrected chi connectivity index (χ2v) is 14.3. The van der Waals surface area contributed by atoms with Crippen LogP contribution in [0, 0.1) is 0 Å². The molecular formula is C40H52N10O13. The first-order chi connectivity index (χ1) is 29.9. The SMILES string of the molecule is C[C@H](NC(=O)[C@H](Cc1ccccc1)NC(=O)CNC(=O)CNC(=O)[C@H](C)NC(=O)[C@@H](N)Cc1c[nH]c2ccccc12)C(=O)N[C@@H](CO)C(=O)NCC(=O)N[C@@H](CCC(=O)O)C(=O)O. The van der Waals surface area contributed by atoms with Gasteiger partial charge in [0.1, 0.15) is 30.2 Å². The molecule has 14 N–H and O–H groups in total. The van der Waals surface area contributed by atoms with E-state index >= 15 is 0 Å². The topological polar surface area (TPSA) is 369 Å². The number of aromatic nitrogens is 1. The predicted molar refractivity (Wildman–Crippen MR) is 222 cm³/mol. The first kappa shape index (κ1) is 50.0. The Morgan fingerprint density at radius 2 is 1.17 bits per heavy atom. The van der Waals surface area contributed by atoms with Crippen LogP contribution < -0.4 is 48.3 Å². The van der Waals surface area contributed by atoms with Gasteiger partial charge in [0.2, 0.25) is 47.3 Å². The summed E-state index contributed by atoms with van der Waals surface area (Å²) in [4.78, 5) is 127. The average Bonchev–Trinajstić information content (AvgIpc) is 3.66. The summed E-state index contributed by atoms with van der Waals surface area (Å²) < 4.78 is 0. The molecule has 3 aromatic rings. The molecule has 0 aliphatic rings. The van der Waals surface area contributed by atoms with Crippen molar-refractivity contribution in [1.29, 1.82) is 0 Å². The summed E-state index contributed by atoms with van der Waals surface area (Å²) in [7, 11) is 0. The number of carbonyl (C=O) groups is 10. The lowest BCUT2D eigenvalue weighted by atomic mass is 10.0. The van der Waals surface area contributed by atoms with Crippen LogP contribution in [0.1, 0.15) is 37.8 Å². The van der Waals surface area contributed by atoms with E-state index in [4.69, 9.17) is 10.8 Å². The lowest BCUT2D eigenvalue weighted by molar-refractivity contribution is -0.143. The molecule has 6 atom stereocenters. The van der Waals surface area contributed by atoms with Crippen LogP contribution in [0.5, 0.6) is 0 Å². The summed E-state index contributed by atoms with van der Waals surface area (Å²) in [6.45, 7) is -0.264. The van der Waals surface area contributed by atoms with Crippen LogP contribution in [-0.4, -0.2) is 142 Å². The van der Waals surface area contributed by atoms with Crippen molar-refractivity contribution in [3.8, 4) is 0 Å². The van der Waals surface area contributed by atoms with Gasteiger partial charge < -0.3 is 68.6 Å². The number of para-hydroxylation sites is 1. The summed E-state index contributed by atoms with van der Waals surface area (Å²) in [6, 6.07) is 8.11. The highest BCUT2D eigenvalue weighted by molar-refractivity contribution is 5.96. The number of aliphatic hydroxyl groups is 1. The normalized spacial score (nSPS) is 13.7. The molecule has 63 heavy (non-hydrogen) atoms. The molecule has 3 rings (SSSR count). The van der Waals surface area contributed by atoms with E-state index < -0.39 is 135 Å². The predicted octanol–water partition coefficient (Wildman–Crippen LogP) is -3.97. The first-order valence-electron chi connectivity index (χ1n) is 19.6. The number of rotatable bonds is 25. The smallest absolute Gasteiger partial charge is 0.326 e. The Hall–Kier alpha value is -7.40. The summed E-state index contributed by atoms with van der Waals surface area (Å²) in [6.07, 6.45) is 0.925. The summed E-state index contributed by atoms with van der Waals surface area (Å²) in [5.74, 6) is -9.50. The van der Waals surface area contributed by atoms with Gasteiger partial charge in [0, 0.05) is 29.9 Å². The van der Waals surface area contributed by atoms with Crippen LogP contribution >= 0.6 is 0 Å². The Bertz CT molecular complexity index is 2130. The largest absolute Gasteiger partial charge is 0.481 e. The number of aliphatic hydroxyl groups excluding tert-OH is 1. The van der Waals surface area contributed by atoms with Crippen LogP contribution in [0.25, 0.3) is 10.9 Å². The molecule has 1 aromatic heterocycles. The molecule has 8 amide bonds. The van der Waals surface area contributed by atoms with Gasteiger partial charge in [-0.25, -0.2) is 4.79 Å². The Balaban J connectivity index is 1.47. The third-order valence-electron chi connectivity index (χ3n) is 9.28. The first-order valence-corrected chi connectivity index (χ1v) is 19.6. The molecule has 1 heterocycles. The minimum Gasteiger partial charge on any atom is -0.481 e. The lowest BCUT2D eigenvalue weighted by Crippen LogP contribution is -2.58. The number of fused-ring (bicyclic) bond motifs is 1. The zero-order chi connectivity index (χ0) is 46.6. The maximum absolute atomic E-state index is 13.4. The van der Waals surface area contributed by atoms with Gasteiger partial charge in [0.25, 0.3) is 0 Å². The van der Waals surface area contributed by atoms with Crippen LogP contribution in [0.15, 0.2) is 60.8 Å². The van der Waals surface area contributed by atoms with Gasteiger partial charge in [-0.1, -0.05) is 48.5 Å². The molecule has 0 bridgehead atoms. The summed E-state index contributed by atoms with van der Waals surface area (Å²) in [5, 5.41) is 47.1. The second-order valence-electron chi connectivity index (χ2n) is 14.3. The van der Waals surface area contributed by atoms with Crippen molar-refractivity contribution in [1.82, 2.24) is 47.5 Å². The fourth-order valence-electron chi connectivity index (χ4n) is 5.81. The standard InChI is InChI=1S/C40H52N10O13/c1-21(46-37(59)26(41)15-24-16-42-27-11-7-6-10-25(24)27)35(57)44-17-31(52)43-18-32(53)49-29(14-23-8-4-3-5-9-23)39(61)47-22(2)36(58)50-30(20-51)38(60)45-19-33(54)48-28(40(62)63)12-13-34(55)56/h3-11,16,21-22,26,28-30,42,51H,12-15,17-20,41H2,1-2H3,(H,43,52)(H,44,57)(H,45,60)(H,46,59)(H,47,61)(H,48,54)(H,49,53)(H,50,58)(H,55,56)(H,62,63)/t21-,22-,26-,28-,29-,30-/m0/s1. The van der Waals surface area contributed by atoms with E-state index in [0.717, 1.165) is 16.5 Å². The van der Waals surface area contributed by atoms with Gasteiger partial charge in [-0.05, 0) is 43.9 Å². The number of hydrogen-bond donors (Lipinski definition) is 13. The van der Waals surface area contributed by atoms with Gasteiger partial charge in [0.15, 0.2) is 0 Å². The molecule has 0 aliphatic heterocycles. The van der Waals surface area contributed by atoms with Crippen molar-refractivity contribution >= 4 is 70.1 Å². The van der Waals surface area contributed by atoms with Crippen molar-refractivity contribution in [3.63, 3.8) is 0 Å². The van der Waals surface area contributed by atoms with Crippen LogP contribution in [0.4, 0.5) is 0 Å². The molecule has 0 spiro atoms. The van der Waals surface area contributed by atoms with Gasteiger partial charge in [0.05, 0.1) is 32.3 Å². The van der Waals surface area contributed by atoms with Crippen LogP contribution in [-0.2, 0) is 60.8 Å². The molecule has 0 fully saturated rings. The Morgan fingerprint density at radius 1 is 0.603 bits per heavy atom. The van der Waals surface area contributed by atoms with Gasteiger partial charge in [-0.3, -0.25) is 43.2 Å². The maximum Gasteiger partial charge on any atom is 0.326 e. The highest BCUT2D eigenvalue weighted by Crippen LogP contribution is 2.18. The molecule has 0 saturated carbocycles. The number of carboxylic acid groups (broad SMARTS) is 2. The fraction of sp³-hybridized carbons (Fsp3) is 0.400. The minimum absolute atomic E-state index is 0.0609. The molecule has 2 aromatic carbocycles. The van der Waals surface area contributed by atoms with E-state index in [1.807, 2.05) is 24.3 Å². The number of amides is 8. The highest BCUT2D eigenvalue weighted by Gasteiger charge is 2.29. The van der Waals surface area contributed by atoms with Crippen LogP contribution in [0.3, 0.4) is 0 Å². The zero-order valence-corrected chi connectivity index (χ0v) is 34.4. The number of carboxylic acids is 2. The Labute approximate surface area is 360 Å². The molecular weight excluding hydrogens is 828 g/mol. The number of benzene rings is 2. The summed E-state index contributed by atoms with van der Waals surface area (Å²) in [5.41, 5.74) is 8.41. The molecule has 0 unspecified atom stereocenters. The molecule has 23 heteroatoms. The number of aromatic amines is 1. The summed E-state index contributed by atoms with van der Waals surface area (Å²) >= 11 is 0. The maximum atomic E-state index is 13.4. The van der Waals surface area contributed by atoms with Crippen LogP contribution in [0.2, 0.25) is 0 Å². The van der Waals surface area contributed by atoms with Gasteiger partial charge >= 0.3 is 11.9 Å². The monoisotopic (exact) mass is 880 g/mol. The van der Waals surface area contributed by atoms with Crippen molar-refractivity contribution in [2.75, 3.05) is 26.2 Å². The molecule has 23 nitrogen and oxygen atoms in total. The molecule has 0 aliphatic carbocycles. The minimum atomic E-state index is -1.62. The van der Waals surface area contributed by atoms with Gasteiger partial charge in [-0.15, -0.1) is 0 Å². The number of carbonyl (C=O) groups excluding carboxylic acids is 8. The van der Waals surface area contributed by atoms with Crippen molar-refractivity contribution < 1.29 is 63.3 Å². The average molecular weight is 881 g/mol. The lowest BCUT2D eigenvalue weighted by Gasteiger charge is -2.23. The Morgan fingerprint density at radius 3 is 1.83 bits per heavy atom. The third kappa shape index (κ3) is 16.9. The third-order valence-corrected chi connectivity index (χ3v) is 9.28. The van der Waals surface area contributed by atoms with E-state index in [-0.39, 0.29) is 12.8 Å². The van der Waals surface area contributed by atoms with Crippen molar-refractivity contribution in [3.05, 3.63) is 71.9 Å².